The summed E-state index contributed by atoms with van der Waals surface area (Å²) in [5.41, 5.74) is 3.46. The number of fused-ring (bicyclic) bond motifs is 1. The molecule has 3 aromatic rings. The Balaban J connectivity index is 2.01. The number of carbonyl (C=O) groups is 1. The lowest BCUT2D eigenvalue weighted by atomic mass is 10.1. The molecule has 6 nitrogen and oxygen atoms in total. The quantitative estimate of drug-likeness (QED) is 0.754. The van der Waals surface area contributed by atoms with Crippen LogP contribution < -0.4 is 5.56 Å². The van der Waals surface area contributed by atoms with Gasteiger partial charge in [-0.05, 0) is 18.9 Å². The van der Waals surface area contributed by atoms with Crippen molar-refractivity contribution in [2.24, 2.45) is 0 Å². The fraction of sp³-hybridized carbons (Fsp3) is 0.235. The molecule has 0 saturated heterocycles. The first-order valence-electron chi connectivity index (χ1n) is 7.40. The Morgan fingerprint density at radius 1 is 1.30 bits per heavy atom. The number of carboxylic acids is 1. The molecule has 3 rings (SSSR count). The van der Waals surface area contributed by atoms with Gasteiger partial charge in [0.15, 0.2) is 5.65 Å². The van der Waals surface area contributed by atoms with Crippen LogP contribution in [0.1, 0.15) is 28.8 Å². The Bertz CT molecular complexity index is 910. The number of aromatic amines is 1. The molecule has 6 heteroatoms. The van der Waals surface area contributed by atoms with Gasteiger partial charge in [0.25, 0.3) is 5.56 Å². The molecule has 23 heavy (non-hydrogen) atoms. The molecule has 0 fully saturated rings. The molecular weight excluding hydrogens is 294 g/mol. The Morgan fingerprint density at radius 2 is 2.04 bits per heavy atom. The van der Waals surface area contributed by atoms with Gasteiger partial charge in [-0.1, -0.05) is 30.3 Å². The minimum Gasteiger partial charge on any atom is -0.481 e. The molecule has 0 radical (unpaired) electrons. The molecule has 0 spiro atoms. The van der Waals surface area contributed by atoms with E-state index in [1.54, 1.807) is 13.1 Å². The molecule has 0 amide bonds. The average molecular weight is 311 g/mol. The van der Waals surface area contributed by atoms with Crippen molar-refractivity contribution >= 4 is 11.6 Å². The molecular formula is C17H17N3O3. The maximum Gasteiger partial charge on any atom is 0.303 e. The van der Waals surface area contributed by atoms with Crippen LogP contribution >= 0.6 is 0 Å². The summed E-state index contributed by atoms with van der Waals surface area (Å²) < 4.78 is 1.39. The fourth-order valence-corrected chi connectivity index (χ4v) is 2.67. The van der Waals surface area contributed by atoms with Gasteiger partial charge in [0, 0.05) is 35.9 Å². The summed E-state index contributed by atoms with van der Waals surface area (Å²) in [7, 11) is 0. The second kappa shape index (κ2) is 6.08. The van der Waals surface area contributed by atoms with Gasteiger partial charge in [0.2, 0.25) is 0 Å². The van der Waals surface area contributed by atoms with Crippen LogP contribution in [0.15, 0.2) is 41.3 Å². The first kappa shape index (κ1) is 15.0. The highest BCUT2D eigenvalue weighted by molar-refractivity contribution is 5.67. The molecule has 0 unspecified atom stereocenters. The van der Waals surface area contributed by atoms with Crippen molar-refractivity contribution < 1.29 is 9.90 Å². The molecule has 0 aliphatic carbocycles. The minimum atomic E-state index is -0.926. The van der Waals surface area contributed by atoms with E-state index in [1.165, 1.54) is 4.52 Å². The smallest absolute Gasteiger partial charge is 0.303 e. The highest BCUT2D eigenvalue weighted by Gasteiger charge is 2.14. The van der Waals surface area contributed by atoms with E-state index < -0.39 is 5.97 Å². The topological polar surface area (TPSA) is 87.5 Å². The minimum absolute atomic E-state index is 0.0819. The molecule has 2 N–H and O–H groups in total. The number of H-pyrrole nitrogens is 1. The summed E-state index contributed by atoms with van der Waals surface area (Å²) in [5.74, 6) is -0.926. The van der Waals surface area contributed by atoms with E-state index >= 15 is 0 Å². The molecule has 0 aliphatic heterocycles. The molecule has 0 saturated carbocycles. The Hall–Kier alpha value is -2.89. The molecule has 0 bridgehead atoms. The van der Waals surface area contributed by atoms with Gasteiger partial charge < -0.3 is 5.11 Å². The standard InChI is InChI=1S/C17H17N3O3/c1-11-14(7-8-15(21)22)17(23)20-16(19-11)13(10-18-20)9-12-5-3-2-4-6-12/h2-6,10,18H,7-9H2,1H3,(H,21,22). The van der Waals surface area contributed by atoms with E-state index in [-0.39, 0.29) is 18.4 Å². The zero-order chi connectivity index (χ0) is 16.4. The summed E-state index contributed by atoms with van der Waals surface area (Å²) >= 11 is 0. The van der Waals surface area contributed by atoms with Gasteiger partial charge in [0.05, 0.1) is 0 Å². The van der Waals surface area contributed by atoms with Crippen LogP contribution in [0.4, 0.5) is 0 Å². The molecule has 0 aliphatic rings. The zero-order valence-corrected chi connectivity index (χ0v) is 12.7. The number of aryl methyl sites for hydroxylation is 1. The number of nitrogens with one attached hydrogen (secondary N) is 1. The van der Waals surface area contributed by atoms with Crippen LogP contribution in [0.5, 0.6) is 0 Å². The lowest BCUT2D eigenvalue weighted by Crippen LogP contribution is -2.22. The number of aliphatic carboxylic acids is 1. The van der Waals surface area contributed by atoms with Crippen LogP contribution in [-0.2, 0) is 17.6 Å². The van der Waals surface area contributed by atoms with Gasteiger partial charge in [-0.15, -0.1) is 0 Å². The van der Waals surface area contributed by atoms with Crippen LogP contribution in [0, 0.1) is 6.92 Å². The largest absolute Gasteiger partial charge is 0.481 e. The highest BCUT2D eigenvalue weighted by Crippen LogP contribution is 2.14. The Labute approximate surface area is 132 Å². The van der Waals surface area contributed by atoms with Crippen molar-refractivity contribution in [1.82, 2.24) is 14.6 Å². The molecule has 2 heterocycles. The first-order chi connectivity index (χ1) is 11.1. The van der Waals surface area contributed by atoms with Crippen molar-refractivity contribution in [2.45, 2.75) is 26.2 Å². The van der Waals surface area contributed by atoms with E-state index in [0.717, 1.165) is 11.1 Å². The highest BCUT2D eigenvalue weighted by atomic mass is 16.4. The van der Waals surface area contributed by atoms with E-state index in [0.29, 0.717) is 23.3 Å². The second-order valence-electron chi connectivity index (χ2n) is 5.49. The maximum absolute atomic E-state index is 12.5. The summed E-state index contributed by atoms with van der Waals surface area (Å²) in [6.45, 7) is 1.75. The first-order valence-corrected chi connectivity index (χ1v) is 7.40. The summed E-state index contributed by atoms with van der Waals surface area (Å²) in [5, 5.41) is 11.7. The fourth-order valence-electron chi connectivity index (χ4n) is 2.67. The second-order valence-corrected chi connectivity index (χ2v) is 5.49. The Kier molecular flexibility index (Phi) is 3.97. The van der Waals surface area contributed by atoms with E-state index in [1.807, 2.05) is 30.3 Å². The zero-order valence-electron chi connectivity index (χ0n) is 12.7. The Morgan fingerprint density at radius 3 is 2.74 bits per heavy atom. The van der Waals surface area contributed by atoms with Crippen molar-refractivity contribution in [2.75, 3.05) is 0 Å². The third-order valence-corrected chi connectivity index (χ3v) is 3.86. The van der Waals surface area contributed by atoms with E-state index in [2.05, 4.69) is 10.1 Å². The molecule has 1 aromatic carbocycles. The average Bonchev–Trinajstić information content (AvgIpc) is 2.91. The number of carboxylic acid groups (broad SMARTS) is 1. The van der Waals surface area contributed by atoms with Crippen LogP contribution in [0.2, 0.25) is 0 Å². The van der Waals surface area contributed by atoms with Crippen molar-refractivity contribution in [3.8, 4) is 0 Å². The third kappa shape index (κ3) is 3.01. The van der Waals surface area contributed by atoms with E-state index in [9.17, 15) is 9.59 Å². The number of aromatic nitrogens is 3. The van der Waals surface area contributed by atoms with Gasteiger partial charge in [0.1, 0.15) is 0 Å². The van der Waals surface area contributed by atoms with Crippen molar-refractivity contribution in [3.05, 3.63) is 69.3 Å². The lowest BCUT2D eigenvalue weighted by molar-refractivity contribution is -0.136. The third-order valence-electron chi connectivity index (χ3n) is 3.86. The SMILES string of the molecule is Cc1nc2c(Cc3ccccc3)c[nH]n2c(=O)c1CCC(=O)O. The monoisotopic (exact) mass is 311 g/mol. The van der Waals surface area contributed by atoms with Gasteiger partial charge >= 0.3 is 5.97 Å². The van der Waals surface area contributed by atoms with Crippen LogP contribution in [0.25, 0.3) is 5.65 Å². The van der Waals surface area contributed by atoms with Crippen LogP contribution in [-0.4, -0.2) is 25.7 Å². The van der Waals surface area contributed by atoms with Gasteiger partial charge in [-0.25, -0.2) is 9.50 Å². The number of hydrogen-bond donors (Lipinski definition) is 2. The van der Waals surface area contributed by atoms with Crippen molar-refractivity contribution in [1.29, 1.82) is 0 Å². The van der Waals surface area contributed by atoms with Crippen molar-refractivity contribution in [3.63, 3.8) is 0 Å². The van der Waals surface area contributed by atoms with Crippen LogP contribution in [0.3, 0.4) is 0 Å². The number of rotatable bonds is 5. The number of hydrogen-bond acceptors (Lipinski definition) is 3. The van der Waals surface area contributed by atoms with Gasteiger partial charge in [-0.2, -0.15) is 0 Å². The number of nitrogens with zero attached hydrogens (tertiary/aromatic N) is 2. The summed E-state index contributed by atoms with van der Waals surface area (Å²) in [6.07, 6.45) is 2.55. The predicted octanol–water partition coefficient (Wildman–Crippen LogP) is 1.94. The normalized spacial score (nSPS) is 11.0. The van der Waals surface area contributed by atoms with E-state index in [4.69, 9.17) is 5.11 Å². The molecule has 2 aromatic heterocycles. The molecule has 0 atom stereocenters. The summed E-state index contributed by atoms with van der Waals surface area (Å²) in [4.78, 5) is 27.8. The summed E-state index contributed by atoms with van der Waals surface area (Å²) in [6, 6.07) is 9.95. The predicted molar refractivity (Wildman–Crippen MR) is 85.8 cm³/mol. The van der Waals surface area contributed by atoms with Gasteiger partial charge in [-0.3, -0.25) is 14.7 Å². The molecule has 118 valence electrons. The maximum atomic E-state index is 12.5. The lowest BCUT2D eigenvalue weighted by Gasteiger charge is -2.05. The number of benzene rings is 1.